The maximum atomic E-state index is 13.0. The van der Waals surface area contributed by atoms with Crippen LogP contribution in [-0.2, 0) is 0 Å². The number of halogens is 1. The number of Topliss-reactive ketones (excluding diaryl/α,β-unsaturated/α-hetero) is 1. The molecule has 0 fully saturated rings. The minimum Gasteiger partial charge on any atom is -0.487 e. The fourth-order valence-corrected chi connectivity index (χ4v) is 4.39. The lowest BCUT2D eigenvalue weighted by molar-refractivity contribution is 0.0619. The molecule has 3 aromatic rings. The lowest BCUT2D eigenvalue weighted by Crippen LogP contribution is -2.35. The van der Waals surface area contributed by atoms with Crippen molar-refractivity contribution < 1.29 is 23.9 Å². The highest BCUT2D eigenvalue weighted by Crippen LogP contribution is 2.35. The largest absolute Gasteiger partial charge is 0.487 e. The van der Waals surface area contributed by atoms with Gasteiger partial charge in [0.1, 0.15) is 11.4 Å². The average molecular weight is 475 g/mol. The fraction of sp³-hybridized carbons (Fsp3) is 0.154. The molecular weight excluding hydrogens is 456 g/mol. The molecule has 3 amide bonds. The summed E-state index contributed by atoms with van der Waals surface area (Å²) < 4.78 is 5.84. The van der Waals surface area contributed by atoms with Gasteiger partial charge in [0.25, 0.3) is 17.7 Å². The Morgan fingerprint density at radius 1 is 0.941 bits per heavy atom. The molecule has 2 heterocycles. The minimum atomic E-state index is -0.582. The lowest BCUT2D eigenvalue weighted by Gasteiger charge is -2.31. The zero-order valence-electron chi connectivity index (χ0n) is 18.3. The Balaban J connectivity index is 1.40. The number of benzene rings is 3. The number of anilines is 2. The summed E-state index contributed by atoms with van der Waals surface area (Å²) in [7, 11) is 0. The van der Waals surface area contributed by atoms with Gasteiger partial charge in [-0.25, -0.2) is 4.90 Å². The van der Waals surface area contributed by atoms with Crippen LogP contribution in [0.4, 0.5) is 11.4 Å². The molecule has 0 spiro atoms. The zero-order chi connectivity index (χ0) is 24.2. The third-order valence-electron chi connectivity index (χ3n) is 5.75. The van der Waals surface area contributed by atoms with Crippen LogP contribution in [0.25, 0.3) is 0 Å². The van der Waals surface area contributed by atoms with E-state index in [2.05, 4.69) is 5.32 Å². The van der Waals surface area contributed by atoms with Crippen LogP contribution in [0.3, 0.4) is 0 Å². The van der Waals surface area contributed by atoms with Crippen LogP contribution in [0, 0.1) is 0 Å². The summed E-state index contributed by atoms with van der Waals surface area (Å²) in [4.78, 5) is 52.3. The van der Waals surface area contributed by atoms with E-state index in [0.717, 1.165) is 4.90 Å². The maximum Gasteiger partial charge on any atom is 0.266 e. The molecule has 5 rings (SSSR count). The predicted molar refractivity (Wildman–Crippen MR) is 127 cm³/mol. The lowest BCUT2D eigenvalue weighted by atomic mass is 9.93. The van der Waals surface area contributed by atoms with E-state index in [9.17, 15) is 19.2 Å². The van der Waals surface area contributed by atoms with Gasteiger partial charge in [0.2, 0.25) is 0 Å². The van der Waals surface area contributed by atoms with Crippen LogP contribution in [0.5, 0.6) is 5.75 Å². The number of nitrogens with zero attached hydrogens (tertiary/aromatic N) is 1. The number of para-hydroxylation sites is 1. The summed E-state index contributed by atoms with van der Waals surface area (Å²) in [6, 6.07) is 15.7. The number of fused-ring (bicyclic) bond motifs is 2. The van der Waals surface area contributed by atoms with Crippen LogP contribution in [-0.4, -0.2) is 29.1 Å². The SMILES string of the molecule is CC1(C)CC(=O)c2cc(NC(=O)c3ccc4c(c3)C(=O)N(c3ccccc3Cl)C4=O)ccc2O1. The average Bonchev–Trinajstić information content (AvgIpc) is 3.03. The van der Waals surface area contributed by atoms with E-state index < -0.39 is 23.3 Å². The van der Waals surface area contributed by atoms with E-state index in [4.69, 9.17) is 16.3 Å². The molecule has 2 aliphatic heterocycles. The Labute approximate surface area is 200 Å². The van der Waals surface area contributed by atoms with Crippen LogP contribution >= 0.6 is 11.6 Å². The van der Waals surface area contributed by atoms with Gasteiger partial charge < -0.3 is 10.1 Å². The molecule has 0 radical (unpaired) electrons. The molecule has 7 nitrogen and oxygen atoms in total. The van der Waals surface area contributed by atoms with E-state index in [-0.39, 0.29) is 39.6 Å². The van der Waals surface area contributed by atoms with Gasteiger partial charge in [-0.15, -0.1) is 0 Å². The Morgan fingerprint density at radius 3 is 2.44 bits per heavy atom. The van der Waals surface area contributed by atoms with E-state index in [1.807, 2.05) is 13.8 Å². The van der Waals surface area contributed by atoms with Crippen molar-refractivity contribution in [2.75, 3.05) is 10.2 Å². The molecule has 8 heteroatoms. The van der Waals surface area contributed by atoms with Gasteiger partial charge >= 0.3 is 0 Å². The van der Waals surface area contributed by atoms with Gasteiger partial charge in [-0.05, 0) is 62.4 Å². The van der Waals surface area contributed by atoms with Crippen LogP contribution in [0.15, 0.2) is 60.7 Å². The van der Waals surface area contributed by atoms with Gasteiger partial charge in [0.05, 0.1) is 33.8 Å². The molecule has 0 saturated carbocycles. The molecule has 3 aromatic carbocycles. The highest BCUT2D eigenvalue weighted by Gasteiger charge is 2.38. The second-order valence-corrected chi connectivity index (χ2v) is 9.19. The molecule has 34 heavy (non-hydrogen) atoms. The number of nitrogens with one attached hydrogen (secondary N) is 1. The molecule has 170 valence electrons. The van der Waals surface area contributed by atoms with E-state index >= 15 is 0 Å². The predicted octanol–water partition coefficient (Wildman–Crippen LogP) is 5.14. The number of imide groups is 1. The Morgan fingerprint density at radius 2 is 1.68 bits per heavy atom. The number of ether oxygens (including phenoxy) is 1. The van der Waals surface area contributed by atoms with E-state index in [1.165, 1.54) is 18.2 Å². The summed E-state index contributed by atoms with van der Waals surface area (Å²) in [5.41, 5.74) is 1.03. The number of hydrogen-bond acceptors (Lipinski definition) is 5. The number of ketones is 1. The molecule has 0 aliphatic carbocycles. The highest BCUT2D eigenvalue weighted by molar-refractivity contribution is 6.40. The summed E-state index contributed by atoms with van der Waals surface area (Å²) in [6.45, 7) is 3.69. The van der Waals surface area contributed by atoms with Crippen molar-refractivity contribution >= 4 is 46.5 Å². The number of hydrogen-bond donors (Lipinski definition) is 1. The first kappa shape index (κ1) is 21.9. The Bertz CT molecular complexity index is 1410. The maximum absolute atomic E-state index is 13.0. The standard InChI is InChI=1S/C26H19ClN2O5/c1-26(2)13-21(30)18-12-15(8-10-22(18)34-26)28-23(31)14-7-9-16-17(11-14)25(33)29(24(16)32)20-6-4-3-5-19(20)27/h3-12H,13H2,1-2H3,(H,28,31). The van der Waals surface area contributed by atoms with Gasteiger partial charge in [-0.1, -0.05) is 23.7 Å². The normalized spacial score (nSPS) is 16.1. The van der Waals surface area contributed by atoms with Gasteiger partial charge in [-0.2, -0.15) is 0 Å². The van der Waals surface area contributed by atoms with Crippen LogP contribution in [0.2, 0.25) is 5.02 Å². The van der Waals surface area contributed by atoms with E-state index in [0.29, 0.717) is 17.0 Å². The molecule has 0 bridgehead atoms. The summed E-state index contributed by atoms with van der Waals surface area (Å²) >= 11 is 6.18. The monoisotopic (exact) mass is 474 g/mol. The van der Waals surface area contributed by atoms with Crippen molar-refractivity contribution in [3.05, 3.63) is 87.9 Å². The molecule has 0 atom stereocenters. The minimum absolute atomic E-state index is 0.0661. The van der Waals surface area contributed by atoms with Crippen molar-refractivity contribution in [1.82, 2.24) is 0 Å². The summed E-state index contributed by atoms with van der Waals surface area (Å²) in [5.74, 6) is -1.13. The van der Waals surface area contributed by atoms with Gasteiger partial charge in [0, 0.05) is 11.3 Å². The molecule has 0 unspecified atom stereocenters. The summed E-state index contributed by atoms with van der Waals surface area (Å²) in [5, 5.41) is 3.01. The van der Waals surface area contributed by atoms with Crippen molar-refractivity contribution in [1.29, 1.82) is 0 Å². The third-order valence-corrected chi connectivity index (χ3v) is 6.07. The molecule has 0 saturated heterocycles. The van der Waals surface area contributed by atoms with Gasteiger partial charge in [0.15, 0.2) is 5.78 Å². The zero-order valence-corrected chi connectivity index (χ0v) is 19.1. The first-order valence-corrected chi connectivity index (χ1v) is 11.0. The molecule has 1 N–H and O–H groups in total. The first-order chi connectivity index (χ1) is 16.1. The van der Waals surface area contributed by atoms with Crippen molar-refractivity contribution in [3.8, 4) is 5.75 Å². The van der Waals surface area contributed by atoms with Crippen LogP contribution < -0.4 is 15.0 Å². The Kier molecular flexibility index (Phi) is 5.02. The quantitative estimate of drug-likeness (QED) is 0.531. The third kappa shape index (κ3) is 3.64. The number of amides is 3. The van der Waals surface area contributed by atoms with Crippen LogP contribution in [0.1, 0.15) is 61.7 Å². The molecular formula is C26H19ClN2O5. The fourth-order valence-electron chi connectivity index (χ4n) is 4.17. The first-order valence-electron chi connectivity index (χ1n) is 10.6. The Hall–Kier alpha value is -3.97. The highest BCUT2D eigenvalue weighted by atomic mass is 35.5. The molecule has 2 aliphatic rings. The number of carbonyl (C=O) groups is 4. The second-order valence-electron chi connectivity index (χ2n) is 8.78. The number of carbonyl (C=O) groups excluding carboxylic acids is 4. The van der Waals surface area contributed by atoms with E-state index in [1.54, 1.807) is 42.5 Å². The second kappa shape index (κ2) is 7.81. The van der Waals surface area contributed by atoms with Gasteiger partial charge in [-0.3, -0.25) is 19.2 Å². The number of rotatable bonds is 3. The summed E-state index contributed by atoms with van der Waals surface area (Å²) in [6.07, 6.45) is 0.236. The molecule has 0 aromatic heterocycles. The smallest absolute Gasteiger partial charge is 0.266 e. The topological polar surface area (TPSA) is 92.8 Å². The van der Waals surface area contributed by atoms with Crippen molar-refractivity contribution in [2.45, 2.75) is 25.9 Å². The van der Waals surface area contributed by atoms with Crippen molar-refractivity contribution in [2.24, 2.45) is 0 Å². The van der Waals surface area contributed by atoms with Crippen molar-refractivity contribution in [3.63, 3.8) is 0 Å².